The van der Waals surface area contributed by atoms with Crippen molar-refractivity contribution < 1.29 is 13.2 Å². The van der Waals surface area contributed by atoms with E-state index < -0.39 is 15.6 Å². The normalized spacial score (nSPS) is 22.5. The maximum atomic E-state index is 10.6. The molecule has 0 amide bonds. The topological polar surface area (TPSA) is 51.2 Å². The van der Waals surface area contributed by atoms with Crippen LogP contribution >= 0.6 is 11.6 Å². The fraction of sp³-hybridized carbons (Fsp3) is 0. The van der Waals surface area contributed by atoms with Gasteiger partial charge in [-0.2, -0.15) is 0 Å². The summed E-state index contributed by atoms with van der Waals surface area (Å²) in [6.45, 7) is 0. The molecule has 54 valence electrons. The van der Waals surface area contributed by atoms with E-state index in [4.69, 9.17) is 11.6 Å². The van der Waals surface area contributed by atoms with Gasteiger partial charge in [0, 0.05) is 5.41 Å². The highest BCUT2D eigenvalue weighted by molar-refractivity contribution is 7.97. The van der Waals surface area contributed by atoms with Crippen LogP contribution < -0.4 is 0 Å². The van der Waals surface area contributed by atoms with Crippen LogP contribution in [0.3, 0.4) is 0 Å². The molecule has 5 heteroatoms. The lowest BCUT2D eigenvalue weighted by Crippen LogP contribution is -2.03. The van der Waals surface area contributed by atoms with Gasteiger partial charge in [0.2, 0.25) is 0 Å². The van der Waals surface area contributed by atoms with Crippen LogP contribution in [-0.4, -0.2) is 14.2 Å². The minimum atomic E-state index is -3.36. The summed E-state index contributed by atoms with van der Waals surface area (Å²) in [5.74, 6) is -0.475. The molecule has 0 fully saturated rings. The van der Waals surface area contributed by atoms with Crippen LogP contribution in [0.4, 0.5) is 0 Å². The first-order valence-corrected chi connectivity index (χ1v) is 4.35. The summed E-state index contributed by atoms with van der Waals surface area (Å²) >= 11 is 5.23. The number of rotatable bonds is 0. The van der Waals surface area contributed by atoms with Crippen LogP contribution in [0.1, 0.15) is 0 Å². The SMILES string of the molecule is O=C1C=CS(=O)(=O)C=C1Cl. The zero-order chi connectivity index (χ0) is 7.78. The zero-order valence-electron chi connectivity index (χ0n) is 4.74. The maximum Gasteiger partial charge on any atom is 0.198 e. The van der Waals surface area contributed by atoms with Gasteiger partial charge in [-0.25, -0.2) is 8.42 Å². The average Bonchev–Trinajstić information content (AvgIpc) is 1.79. The lowest BCUT2D eigenvalue weighted by molar-refractivity contribution is -0.110. The first-order chi connectivity index (χ1) is 4.51. The summed E-state index contributed by atoms with van der Waals surface area (Å²) < 4.78 is 21.2. The van der Waals surface area contributed by atoms with Gasteiger partial charge < -0.3 is 0 Å². The average molecular weight is 179 g/mol. The number of allylic oxidation sites excluding steroid dienone is 2. The van der Waals surface area contributed by atoms with Crippen LogP contribution in [0.15, 0.2) is 21.9 Å². The molecule has 0 spiro atoms. The largest absolute Gasteiger partial charge is 0.288 e. The van der Waals surface area contributed by atoms with Crippen molar-refractivity contribution in [2.45, 2.75) is 0 Å². The Morgan fingerprint density at radius 1 is 1.40 bits per heavy atom. The second kappa shape index (κ2) is 2.21. The Labute approximate surface area is 62.9 Å². The van der Waals surface area contributed by atoms with Crippen molar-refractivity contribution in [3.63, 3.8) is 0 Å². The molecule has 0 N–H and O–H groups in total. The molecule has 0 radical (unpaired) electrons. The van der Waals surface area contributed by atoms with Gasteiger partial charge in [0.05, 0.1) is 10.4 Å². The van der Waals surface area contributed by atoms with Crippen molar-refractivity contribution in [2.24, 2.45) is 0 Å². The first kappa shape index (κ1) is 7.50. The quantitative estimate of drug-likeness (QED) is 0.545. The smallest absolute Gasteiger partial charge is 0.198 e. The number of hydrogen-bond donors (Lipinski definition) is 0. The molecule has 0 bridgehead atoms. The number of sulfone groups is 1. The highest BCUT2D eigenvalue weighted by Crippen LogP contribution is 2.13. The second-order valence-electron chi connectivity index (χ2n) is 1.72. The Bertz CT molecular complexity index is 323. The van der Waals surface area contributed by atoms with Gasteiger partial charge in [-0.1, -0.05) is 11.6 Å². The minimum absolute atomic E-state index is 0.262. The van der Waals surface area contributed by atoms with E-state index in [2.05, 4.69) is 0 Å². The van der Waals surface area contributed by atoms with E-state index in [-0.39, 0.29) is 5.03 Å². The highest BCUT2D eigenvalue weighted by Gasteiger charge is 2.14. The number of halogens is 1. The van der Waals surface area contributed by atoms with Gasteiger partial charge >= 0.3 is 0 Å². The molecule has 1 rings (SSSR count). The molecule has 10 heavy (non-hydrogen) atoms. The predicted molar refractivity (Wildman–Crippen MR) is 37.0 cm³/mol. The Hall–Kier alpha value is -0.610. The van der Waals surface area contributed by atoms with E-state index in [0.29, 0.717) is 0 Å². The van der Waals surface area contributed by atoms with Crippen LogP contribution in [0, 0.1) is 0 Å². The number of ketones is 1. The molecular weight excluding hydrogens is 176 g/mol. The predicted octanol–water partition coefficient (Wildman–Crippen LogP) is 0.578. The molecule has 0 aliphatic carbocycles. The summed E-state index contributed by atoms with van der Waals surface area (Å²) in [7, 11) is -3.36. The van der Waals surface area contributed by atoms with E-state index in [1.54, 1.807) is 0 Å². The van der Waals surface area contributed by atoms with Crippen LogP contribution in [0.2, 0.25) is 0 Å². The standard InChI is InChI=1S/C5H3ClO3S/c6-4-3-10(8,9)2-1-5(4)7/h1-3H. The number of carbonyl (C=O) groups excluding carboxylic acids is 1. The summed E-state index contributed by atoms with van der Waals surface area (Å²) in [5.41, 5.74) is 0. The zero-order valence-corrected chi connectivity index (χ0v) is 6.32. The molecule has 0 aromatic carbocycles. The number of hydrogen-bond acceptors (Lipinski definition) is 3. The van der Waals surface area contributed by atoms with Gasteiger partial charge in [-0.15, -0.1) is 0 Å². The van der Waals surface area contributed by atoms with E-state index in [0.717, 1.165) is 16.9 Å². The van der Waals surface area contributed by atoms with E-state index in [1.165, 1.54) is 0 Å². The van der Waals surface area contributed by atoms with Crippen LogP contribution in [-0.2, 0) is 14.6 Å². The van der Waals surface area contributed by atoms with Gasteiger partial charge in [0.15, 0.2) is 15.6 Å². The van der Waals surface area contributed by atoms with Crippen LogP contribution in [0.5, 0.6) is 0 Å². The third kappa shape index (κ3) is 1.46. The molecule has 0 saturated carbocycles. The van der Waals surface area contributed by atoms with Crippen molar-refractivity contribution in [3.8, 4) is 0 Å². The molecule has 0 aromatic heterocycles. The lowest BCUT2D eigenvalue weighted by Gasteiger charge is -1.97. The fourth-order valence-corrected chi connectivity index (χ4v) is 1.71. The van der Waals surface area contributed by atoms with Crippen molar-refractivity contribution in [3.05, 3.63) is 21.9 Å². The van der Waals surface area contributed by atoms with Gasteiger partial charge in [-0.05, 0) is 6.08 Å². The Morgan fingerprint density at radius 2 is 2.00 bits per heavy atom. The molecule has 1 heterocycles. The van der Waals surface area contributed by atoms with E-state index in [1.807, 2.05) is 0 Å². The maximum absolute atomic E-state index is 10.6. The van der Waals surface area contributed by atoms with Crippen molar-refractivity contribution in [1.82, 2.24) is 0 Å². The van der Waals surface area contributed by atoms with Gasteiger partial charge in [-0.3, -0.25) is 4.79 Å². The Balaban J connectivity index is 3.20. The summed E-state index contributed by atoms with van der Waals surface area (Å²) in [6.07, 6.45) is 0.928. The molecule has 0 aromatic rings. The Kier molecular flexibility index (Phi) is 1.66. The third-order valence-electron chi connectivity index (χ3n) is 0.912. The fourth-order valence-electron chi connectivity index (χ4n) is 0.478. The Morgan fingerprint density at radius 3 is 2.40 bits per heavy atom. The third-order valence-corrected chi connectivity index (χ3v) is 2.42. The van der Waals surface area contributed by atoms with E-state index in [9.17, 15) is 13.2 Å². The lowest BCUT2D eigenvalue weighted by atomic mass is 10.4. The highest BCUT2D eigenvalue weighted by atomic mass is 35.5. The van der Waals surface area contributed by atoms with Gasteiger partial charge in [0.25, 0.3) is 0 Å². The molecule has 0 atom stereocenters. The molecule has 0 unspecified atom stereocenters. The molecule has 1 aliphatic heterocycles. The van der Waals surface area contributed by atoms with Crippen molar-refractivity contribution in [1.29, 1.82) is 0 Å². The van der Waals surface area contributed by atoms with Crippen molar-refractivity contribution >= 4 is 27.2 Å². The summed E-state index contributed by atoms with van der Waals surface area (Å²) in [6, 6.07) is 0. The van der Waals surface area contributed by atoms with Crippen molar-refractivity contribution in [2.75, 3.05) is 0 Å². The first-order valence-electron chi connectivity index (χ1n) is 2.36. The van der Waals surface area contributed by atoms with Gasteiger partial charge in [0.1, 0.15) is 0 Å². The molecule has 3 nitrogen and oxygen atoms in total. The second-order valence-corrected chi connectivity index (χ2v) is 3.81. The minimum Gasteiger partial charge on any atom is -0.288 e. The molecule has 0 saturated heterocycles. The summed E-state index contributed by atoms with van der Waals surface area (Å²) in [5, 5.41) is 1.29. The number of carbonyl (C=O) groups is 1. The van der Waals surface area contributed by atoms with Crippen LogP contribution in [0.25, 0.3) is 0 Å². The summed E-state index contributed by atoms with van der Waals surface area (Å²) in [4.78, 5) is 10.5. The monoisotopic (exact) mass is 178 g/mol. The van der Waals surface area contributed by atoms with E-state index >= 15 is 0 Å². The molecule has 1 aliphatic rings. The molecular formula is C5H3ClO3S.